The van der Waals surface area contributed by atoms with Crippen molar-refractivity contribution in [2.24, 2.45) is 0 Å². The van der Waals surface area contributed by atoms with Crippen LogP contribution < -0.4 is 0 Å². The van der Waals surface area contributed by atoms with Crippen molar-refractivity contribution in [1.29, 1.82) is 0 Å². The molecule has 11 heavy (non-hydrogen) atoms. The van der Waals surface area contributed by atoms with Crippen LogP contribution in [0, 0.1) is 0 Å². The summed E-state index contributed by atoms with van der Waals surface area (Å²) in [7, 11) is -4.33. The number of hydrogen-bond donors (Lipinski definition) is 3. The van der Waals surface area contributed by atoms with Crippen molar-refractivity contribution in [2.75, 3.05) is 13.2 Å². The summed E-state index contributed by atoms with van der Waals surface area (Å²) < 4.78 is 28.6. The zero-order valence-corrected chi connectivity index (χ0v) is 8.87. The van der Waals surface area contributed by atoms with Crippen LogP contribution in [0.5, 0.6) is 0 Å². The van der Waals surface area contributed by atoms with Crippen LogP contribution in [0.15, 0.2) is 11.0 Å². The molecule has 0 atom stereocenters. The molecule has 0 rings (SSSR count). The van der Waals surface area contributed by atoms with Gasteiger partial charge in [-0.1, -0.05) is 0 Å². The zero-order valence-electron chi connectivity index (χ0n) is 6.06. The molecular formula is C4H8NaO5S. The summed E-state index contributed by atoms with van der Waals surface area (Å²) in [4.78, 5) is -0.588. The minimum atomic E-state index is -4.33. The van der Waals surface area contributed by atoms with E-state index in [9.17, 15) is 8.42 Å². The van der Waals surface area contributed by atoms with E-state index in [0.29, 0.717) is 0 Å². The maximum Gasteiger partial charge on any atom is 0.292 e. The van der Waals surface area contributed by atoms with E-state index in [4.69, 9.17) is 14.8 Å². The predicted octanol–water partition coefficient (Wildman–Crippen LogP) is -1.64. The molecule has 61 valence electrons. The summed E-state index contributed by atoms with van der Waals surface area (Å²) in [5.74, 6) is 0. The maximum absolute atomic E-state index is 10.2. The van der Waals surface area contributed by atoms with E-state index in [-0.39, 0.29) is 29.6 Å². The average Bonchev–Trinajstić information content (AvgIpc) is 1.80. The van der Waals surface area contributed by atoms with E-state index in [0.717, 1.165) is 6.08 Å². The SMILES string of the molecule is O=S(=O)(O)C(=CCO)CO.[Na]. The fourth-order valence-electron chi connectivity index (χ4n) is 0.353. The van der Waals surface area contributed by atoms with E-state index in [1.54, 1.807) is 0 Å². The fraction of sp³-hybridized carbons (Fsp3) is 0.500. The Balaban J connectivity index is 0. The molecule has 7 heteroatoms. The third-order valence-corrected chi connectivity index (χ3v) is 1.76. The third-order valence-electron chi connectivity index (χ3n) is 0.806. The van der Waals surface area contributed by atoms with E-state index < -0.39 is 28.2 Å². The van der Waals surface area contributed by atoms with Crippen molar-refractivity contribution in [1.82, 2.24) is 0 Å². The van der Waals surface area contributed by atoms with Gasteiger partial charge in [0.25, 0.3) is 10.1 Å². The summed E-state index contributed by atoms with van der Waals surface area (Å²) >= 11 is 0. The second-order valence-electron chi connectivity index (χ2n) is 1.49. The fourth-order valence-corrected chi connectivity index (χ4v) is 0.802. The molecule has 0 aromatic carbocycles. The number of hydrogen-bond acceptors (Lipinski definition) is 4. The van der Waals surface area contributed by atoms with Gasteiger partial charge in [0.05, 0.1) is 18.1 Å². The van der Waals surface area contributed by atoms with Crippen molar-refractivity contribution in [3.8, 4) is 0 Å². The molecule has 0 aromatic rings. The molecule has 0 aliphatic heterocycles. The summed E-state index contributed by atoms with van der Waals surface area (Å²) in [5.41, 5.74) is 0. The molecule has 5 nitrogen and oxygen atoms in total. The van der Waals surface area contributed by atoms with Crippen LogP contribution >= 0.6 is 0 Å². The molecule has 0 unspecified atom stereocenters. The third kappa shape index (κ3) is 5.80. The van der Waals surface area contributed by atoms with Gasteiger partial charge in [0.1, 0.15) is 0 Å². The van der Waals surface area contributed by atoms with Gasteiger partial charge in [-0.05, 0) is 6.08 Å². The van der Waals surface area contributed by atoms with Crippen LogP contribution in [-0.2, 0) is 10.1 Å². The van der Waals surface area contributed by atoms with Gasteiger partial charge >= 0.3 is 0 Å². The van der Waals surface area contributed by atoms with Gasteiger partial charge in [0.2, 0.25) is 0 Å². The minimum absolute atomic E-state index is 0. The predicted molar refractivity (Wildman–Crippen MR) is 39.6 cm³/mol. The average molecular weight is 191 g/mol. The van der Waals surface area contributed by atoms with Crippen LogP contribution in [-0.4, -0.2) is 66.0 Å². The first kappa shape index (κ1) is 14.1. The standard InChI is InChI=1S/C4H8O5S.Na/c5-2-1-4(3-6)10(7,8)9;/h1,5-6H,2-3H2,(H,7,8,9);. The van der Waals surface area contributed by atoms with Crippen LogP contribution in [0.2, 0.25) is 0 Å². The molecular weight excluding hydrogens is 183 g/mol. The molecule has 0 amide bonds. The van der Waals surface area contributed by atoms with Crippen LogP contribution in [0.1, 0.15) is 0 Å². The monoisotopic (exact) mass is 191 g/mol. The first-order valence-electron chi connectivity index (χ1n) is 2.40. The van der Waals surface area contributed by atoms with Crippen molar-refractivity contribution < 1.29 is 23.2 Å². The molecule has 0 fully saturated rings. The number of rotatable bonds is 3. The second kappa shape index (κ2) is 6.13. The van der Waals surface area contributed by atoms with Gasteiger partial charge in [-0.3, -0.25) is 4.55 Å². The Labute approximate surface area is 86.8 Å². The number of aliphatic hydroxyl groups excluding tert-OH is 2. The summed E-state index contributed by atoms with van der Waals surface area (Å²) in [5, 5.41) is 16.4. The Bertz CT molecular complexity index is 219. The first-order valence-corrected chi connectivity index (χ1v) is 3.84. The Hall–Kier alpha value is 0.570. The molecule has 0 heterocycles. The Morgan fingerprint density at radius 2 is 1.82 bits per heavy atom. The number of aliphatic hydroxyl groups is 2. The Morgan fingerprint density at radius 3 is 1.91 bits per heavy atom. The molecule has 0 saturated carbocycles. The van der Waals surface area contributed by atoms with Gasteiger partial charge in [-0.25, -0.2) is 0 Å². The van der Waals surface area contributed by atoms with Gasteiger partial charge in [-0.2, -0.15) is 8.42 Å². The Morgan fingerprint density at radius 1 is 1.36 bits per heavy atom. The largest absolute Gasteiger partial charge is 0.392 e. The normalized spacial score (nSPS) is 12.5. The van der Waals surface area contributed by atoms with Crippen LogP contribution in [0.4, 0.5) is 0 Å². The molecule has 0 aromatic heterocycles. The van der Waals surface area contributed by atoms with Gasteiger partial charge in [-0.15, -0.1) is 0 Å². The summed E-state index contributed by atoms with van der Waals surface area (Å²) in [6.45, 7) is -1.34. The topological polar surface area (TPSA) is 94.8 Å². The van der Waals surface area contributed by atoms with Gasteiger partial charge < -0.3 is 10.2 Å². The van der Waals surface area contributed by atoms with Crippen LogP contribution in [0.25, 0.3) is 0 Å². The first-order chi connectivity index (χ1) is 4.52. The quantitative estimate of drug-likeness (QED) is 0.367. The molecule has 1 radical (unpaired) electrons. The van der Waals surface area contributed by atoms with Gasteiger partial charge in [0, 0.05) is 29.6 Å². The molecule has 0 aliphatic rings. The summed E-state index contributed by atoms with van der Waals surface area (Å²) in [6, 6.07) is 0. The molecule has 0 spiro atoms. The van der Waals surface area contributed by atoms with Crippen molar-refractivity contribution in [2.45, 2.75) is 0 Å². The van der Waals surface area contributed by atoms with E-state index in [1.165, 1.54) is 0 Å². The molecule has 0 saturated heterocycles. The van der Waals surface area contributed by atoms with Crippen molar-refractivity contribution >= 4 is 39.7 Å². The minimum Gasteiger partial charge on any atom is -0.392 e. The molecule has 0 bridgehead atoms. The van der Waals surface area contributed by atoms with E-state index in [2.05, 4.69) is 0 Å². The van der Waals surface area contributed by atoms with Crippen LogP contribution in [0.3, 0.4) is 0 Å². The maximum atomic E-state index is 10.2. The van der Waals surface area contributed by atoms with Crippen molar-refractivity contribution in [3.63, 3.8) is 0 Å². The molecule has 0 aliphatic carbocycles. The summed E-state index contributed by atoms with van der Waals surface area (Å²) in [6.07, 6.45) is 0.815. The van der Waals surface area contributed by atoms with Crippen molar-refractivity contribution in [3.05, 3.63) is 11.0 Å². The molecule has 3 N–H and O–H groups in total. The van der Waals surface area contributed by atoms with E-state index >= 15 is 0 Å². The van der Waals surface area contributed by atoms with Gasteiger partial charge in [0.15, 0.2) is 0 Å². The smallest absolute Gasteiger partial charge is 0.292 e. The Kier molecular flexibility index (Phi) is 7.86. The zero-order chi connectivity index (χ0) is 8.20. The second-order valence-corrected chi connectivity index (χ2v) is 2.96. The van der Waals surface area contributed by atoms with E-state index in [1.807, 2.05) is 0 Å².